The van der Waals surface area contributed by atoms with E-state index in [-0.39, 0.29) is 5.91 Å². The predicted molar refractivity (Wildman–Crippen MR) is 115 cm³/mol. The molecule has 3 aromatic carbocycles. The van der Waals surface area contributed by atoms with Crippen molar-refractivity contribution in [3.63, 3.8) is 0 Å². The zero-order valence-corrected chi connectivity index (χ0v) is 16.6. The SMILES string of the molecule is O=C(Nc1ccc(Cl)cc1)c1ccc(CSc2nc3ccccc3s2)cc1. The molecule has 0 fully saturated rings. The maximum atomic E-state index is 12.3. The van der Waals surface area contributed by atoms with E-state index < -0.39 is 0 Å². The number of thiazole rings is 1. The predicted octanol–water partition coefficient (Wildman–Crippen LogP) is 6.49. The van der Waals surface area contributed by atoms with Gasteiger partial charge in [0.2, 0.25) is 0 Å². The molecule has 1 N–H and O–H groups in total. The highest BCUT2D eigenvalue weighted by molar-refractivity contribution is 8.00. The number of para-hydroxylation sites is 1. The summed E-state index contributed by atoms with van der Waals surface area (Å²) in [4.78, 5) is 17.0. The van der Waals surface area contributed by atoms with Crippen LogP contribution in [0, 0.1) is 0 Å². The number of carbonyl (C=O) groups excluding carboxylic acids is 1. The molecule has 0 saturated carbocycles. The normalized spacial score (nSPS) is 10.9. The summed E-state index contributed by atoms with van der Waals surface area (Å²) < 4.78 is 2.26. The first-order valence-corrected chi connectivity index (χ1v) is 10.5. The second-order valence-electron chi connectivity index (χ2n) is 5.89. The number of carbonyl (C=O) groups is 1. The number of nitrogens with zero attached hydrogens (tertiary/aromatic N) is 1. The van der Waals surface area contributed by atoms with Crippen LogP contribution in [0.3, 0.4) is 0 Å². The van der Waals surface area contributed by atoms with Gasteiger partial charge in [0.05, 0.1) is 10.2 Å². The van der Waals surface area contributed by atoms with Gasteiger partial charge in [0.1, 0.15) is 0 Å². The van der Waals surface area contributed by atoms with Gasteiger partial charge in [-0.1, -0.05) is 47.6 Å². The van der Waals surface area contributed by atoms with E-state index in [2.05, 4.69) is 16.4 Å². The summed E-state index contributed by atoms with van der Waals surface area (Å²) in [6, 6.07) is 22.9. The van der Waals surface area contributed by atoms with Gasteiger partial charge >= 0.3 is 0 Å². The summed E-state index contributed by atoms with van der Waals surface area (Å²) in [6.07, 6.45) is 0. The molecule has 6 heteroatoms. The number of rotatable bonds is 5. The molecule has 0 aliphatic heterocycles. The van der Waals surface area contributed by atoms with Gasteiger partial charge in [-0.25, -0.2) is 4.98 Å². The maximum absolute atomic E-state index is 12.3. The lowest BCUT2D eigenvalue weighted by Crippen LogP contribution is -2.11. The van der Waals surface area contributed by atoms with Crippen molar-refractivity contribution in [3.8, 4) is 0 Å². The first-order valence-electron chi connectivity index (χ1n) is 8.32. The smallest absolute Gasteiger partial charge is 0.255 e. The summed E-state index contributed by atoms with van der Waals surface area (Å²) in [5.41, 5.74) is 3.54. The van der Waals surface area contributed by atoms with Crippen molar-refractivity contribution in [1.82, 2.24) is 4.98 Å². The van der Waals surface area contributed by atoms with E-state index in [0.717, 1.165) is 26.9 Å². The van der Waals surface area contributed by atoms with Gasteiger partial charge in [-0.15, -0.1) is 11.3 Å². The van der Waals surface area contributed by atoms with Crippen LogP contribution in [0.25, 0.3) is 10.2 Å². The Labute approximate surface area is 170 Å². The van der Waals surface area contributed by atoms with E-state index in [9.17, 15) is 4.79 Å². The third-order valence-corrected chi connectivity index (χ3v) is 6.46. The van der Waals surface area contributed by atoms with Gasteiger partial charge < -0.3 is 5.32 Å². The molecule has 0 atom stereocenters. The quantitative estimate of drug-likeness (QED) is 0.382. The van der Waals surface area contributed by atoms with Gasteiger partial charge in [-0.3, -0.25) is 4.79 Å². The summed E-state index contributed by atoms with van der Waals surface area (Å²) in [7, 11) is 0. The van der Waals surface area contributed by atoms with Crippen LogP contribution in [0.4, 0.5) is 5.69 Å². The van der Waals surface area contributed by atoms with Gasteiger partial charge in [-0.2, -0.15) is 0 Å². The molecule has 0 saturated heterocycles. The molecule has 3 nitrogen and oxygen atoms in total. The molecular formula is C21H15ClN2OS2. The van der Waals surface area contributed by atoms with Gasteiger partial charge in [0, 0.05) is 22.0 Å². The zero-order valence-electron chi connectivity index (χ0n) is 14.2. The van der Waals surface area contributed by atoms with E-state index in [1.807, 2.05) is 42.5 Å². The van der Waals surface area contributed by atoms with Crippen LogP contribution in [0.5, 0.6) is 0 Å². The molecular weight excluding hydrogens is 396 g/mol. The lowest BCUT2D eigenvalue weighted by Gasteiger charge is -2.06. The Balaban J connectivity index is 1.38. The third-order valence-electron chi connectivity index (χ3n) is 3.95. The van der Waals surface area contributed by atoms with Crippen LogP contribution >= 0.6 is 34.7 Å². The number of anilines is 1. The number of hydrogen-bond donors (Lipinski definition) is 1. The highest BCUT2D eigenvalue weighted by Crippen LogP contribution is 2.31. The average Bonchev–Trinajstić information content (AvgIpc) is 3.11. The van der Waals surface area contributed by atoms with Crippen LogP contribution in [-0.4, -0.2) is 10.9 Å². The fourth-order valence-electron chi connectivity index (χ4n) is 2.55. The zero-order chi connectivity index (χ0) is 18.6. The van der Waals surface area contributed by atoms with Crippen LogP contribution in [0.1, 0.15) is 15.9 Å². The van der Waals surface area contributed by atoms with Crippen molar-refractivity contribution in [1.29, 1.82) is 0 Å². The van der Waals surface area contributed by atoms with Gasteiger partial charge in [-0.05, 0) is 54.1 Å². The average molecular weight is 411 g/mol. The highest BCUT2D eigenvalue weighted by Gasteiger charge is 2.08. The van der Waals surface area contributed by atoms with E-state index in [0.29, 0.717) is 10.6 Å². The molecule has 1 amide bonds. The van der Waals surface area contributed by atoms with Crippen molar-refractivity contribution in [2.75, 3.05) is 5.32 Å². The number of hydrogen-bond acceptors (Lipinski definition) is 4. The Morgan fingerprint density at radius 3 is 2.48 bits per heavy atom. The lowest BCUT2D eigenvalue weighted by atomic mass is 10.1. The summed E-state index contributed by atoms with van der Waals surface area (Å²) in [6.45, 7) is 0. The maximum Gasteiger partial charge on any atom is 0.255 e. The Bertz CT molecular complexity index is 1040. The monoisotopic (exact) mass is 410 g/mol. The molecule has 0 aliphatic carbocycles. The van der Waals surface area contributed by atoms with Gasteiger partial charge in [0.15, 0.2) is 4.34 Å². The minimum absolute atomic E-state index is 0.136. The lowest BCUT2D eigenvalue weighted by molar-refractivity contribution is 0.102. The topological polar surface area (TPSA) is 42.0 Å². The van der Waals surface area contributed by atoms with Crippen molar-refractivity contribution < 1.29 is 4.79 Å². The van der Waals surface area contributed by atoms with Crippen LogP contribution in [0.15, 0.2) is 77.1 Å². The second kappa shape index (κ2) is 8.13. The fourth-order valence-corrected chi connectivity index (χ4v) is 4.70. The van der Waals surface area contributed by atoms with Crippen molar-refractivity contribution in [2.24, 2.45) is 0 Å². The Hall–Kier alpha value is -2.34. The molecule has 1 heterocycles. The molecule has 4 rings (SSSR count). The first-order chi connectivity index (χ1) is 13.2. The minimum atomic E-state index is -0.136. The first kappa shape index (κ1) is 18.0. The van der Waals surface area contributed by atoms with E-state index in [1.54, 1.807) is 47.4 Å². The Morgan fingerprint density at radius 1 is 1.00 bits per heavy atom. The number of benzene rings is 3. The number of aromatic nitrogens is 1. The van der Waals surface area contributed by atoms with Crippen molar-refractivity contribution >= 4 is 56.5 Å². The van der Waals surface area contributed by atoms with Gasteiger partial charge in [0.25, 0.3) is 5.91 Å². The molecule has 4 aromatic rings. The number of nitrogens with one attached hydrogen (secondary N) is 1. The molecule has 0 spiro atoms. The molecule has 0 unspecified atom stereocenters. The number of halogens is 1. The Kier molecular flexibility index (Phi) is 5.43. The summed E-state index contributed by atoms with van der Waals surface area (Å²) >= 11 is 9.28. The van der Waals surface area contributed by atoms with Crippen LogP contribution < -0.4 is 5.32 Å². The summed E-state index contributed by atoms with van der Waals surface area (Å²) in [5, 5.41) is 3.51. The fraction of sp³-hybridized carbons (Fsp3) is 0.0476. The third kappa shape index (κ3) is 4.50. The Morgan fingerprint density at radius 2 is 1.74 bits per heavy atom. The molecule has 0 bridgehead atoms. The molecule has 1 aromatic heterocycles. The van der Waals surface area contributed by atoms with Crippen molar-refractivity contribution in [3.05, 3.63) is 88.9 Å². The van der Waals surface area contributed by atoms with E-state index in [1.165, 1.54) is 4.70 Å². The van der Waals surface area contributed by atoms with Crippen molar-refractivity contribution in [2.45, 2.75) is 10.1 Å². The number of amides is 1. The van der Waals surface area contributed by atoms with Crippen LogP contribution in [-0.2, 0) is 5.75 Å². The van der Waals surface area contributed by atoms with Crippen LogP contribution in [0.2, 0.25) is 5.02 Å². The second-order valence-corrected chi connectivity index (χ2v) is 8.58. The molecule has 0 radical (unpaired) electrons. The largest absolute Gasteiger partial charge is 0.322 e. The highest BCUT2D eigenvalue weighted by atomic mass is 35.5. The molecule has 0 aliphatic rings. The van der Waals surface area contributed by atoms with E-state index >= 15 is 0 Å². The standard InChI is InChI=1S/C21H15ClN2OS2/c22-16-9-11-17(12-10-16)23-20(25)15-7-5-14(6-8-15)13-26-21-24-18-3-1-2-4-19(18)27-21/h1-12H,13H2,(H,23,25). The number of thioether (sulfide) groups is 1. The molecule has 27 heavy (non-hydrogen) atoms. The summed E-state index contributed by atoms with van der Waals surface area (Å²) in [5.74, 6) is 0.682. The molecule has 134 valence electrons. The van der Waals surface area contributed by atoms with E-state index in [4.69, 9.17) is 11.6 Å². The number of fused-ring (bicyclic) bond motifs is 1. The minimum Gasteiger partial charge on any atom is -0.322 e.